The van der Waals surface area contributed by atoms with E-state index in [9.17, 15) is 4.55 Å². The topological polar surface area (TPSA) is 90.0 Å². The van der Waals surface area contributed by atoms with Gasteiger partial charge in [-0.15, -0.1) is 0 Å². The molecule has 7 nitrogen and oxygen atoms in total. The molecule has 0 radical (unpaired) electrons. The second-order valence-electron chi connectivity index (χ2n) is 7.10. The Balaban J connectivity index is 1.75. The summed E-state index contributed by atoms with van der Waals surface area (Å²) < 4.78 is 17.8. The Kier molecular flexibility index (Phi) is 4.07. The fraction of sp³-hybridized carbons (Fsp3) is 0.421. The molecule has 0 amide bonds. The number of rotatable bonds is 4. The van der Waals surface area contributed by atoms with Crippen molar-refractivity contribution in [2.45, 2.75) is 17.6 Å². The van der Waals surface area contributed by atoms with Crippen LogP contribution in [0.3, 0.4) is 0 Å². The van der Waals surface area contributed by atoms with Gasteiger partial charge in [-0.3, -0.25) is 10.1 Å². The highest BCUT2D eigenvalue weighted by atomic mass is 32.2. The molecule has 3 aromatic heterocycles. The molecule has 8 heteroatoms. The van der Waals surface area contributed by atoms with Crippen molar-refractivity contribution in [1.82, 2.24) is 20.2 Å². The van der Waals surface area contributed by atoms with E-state index in [-0.39, 0.29) is 4.75 Å². The number of H-pyrrole nitrogens is 1. The third-order valence-corrected chi connectivity index (χ3v) is 7.28. The summed E-state index contributed by atoms with van der Waals surface area (Å²) in [5.41, 5.74) is 3.56. The van der Waals surface area contributed by atoms with E-state index in [4.69, 9.17) is 9.72 Å². The quantitative estimate of drug-likeness (QED) is 0.695. The molecule has 1 saturated carbocycles. The van der Waals surface area contributed by atoms with Crippen LogP contribution in [-0.2, 0) is 20.7 Å². The molecule has 0 spiro atoms. The fourth-order valence-corrected chi connectivity index (χ4v) is 5.04. The number of aromatic nitrogens is 4. The van der Waals surface area contributed by atoms with Gasteiger partial charge in [-0.25, -0.2) is 4.98 Å². The highest BCUT2D eigenvalue weighted by Gasteiger charge is 2.55. The van der Waals surface area contributed by atoms with Gasteiger partial charge in [-0.2, -0.15) is 5.10 Å². The normalized spacial score (nSPS) is 20.0. The largest absolute Gasteiger partial charge is 0.616 e. The molecule has 1 unspecified atom stereocenters. The summed E-state index contributed by atoms with van der Waals surface area (Å²) >= 11 is -0.940. The number of ether oxygens (including phenoxy) is 1. The Labute approximate surface area is 160 Å². The van der Waals surface area contributed by atoms with Crippen LogP contribution >= 0.6 is 0 Å². The minimum atomic E-state index is -0.940. The monoisotopic (exact) mass is 383 g/mol. The molecule has 3 aromatic rings. The van der Waals surface area contributed by atoms with E-state index in [1.165, 1.54) is 0 Å². The molecule has 140 valence electrons. The van der Waals surface area contributed by atoms with E-state index in [0.717, 1.165) is 59.6 Å². The number of fused-ring (bicyclic) bond motifs is 1. The Hall–Kier alpha value is -2.16. The second-order valence-corrected chi connectivity index (χ2v) is 8.79. The number of hydrogen-bond acceptors (Lipinski definition) is 6. The molecule has 1 aliphatic heterocycles. The standard InChI is InChI=1S/C19H21N5O2S/c1-27(25)19(4-5-19)14-12-16(24-8-10-26-11-9-24)22-17-13(14)2-6-20-18(17)15-3-7-21-23-15/h2-3,6-7,12H,4-5,8-11H2,1H3,(H,21,23). The van der Waals surface area contributed by atoms with Crippen LogP contribution in [0.5, 0.6) is 0 Å². The number of nitrogens with zero attached hydrogens (tertiary/aromatic N) is 4. The molecule has 1 saturated heterocycles. The molecular formula is C19H21N5O2S. The van der Waals surface area contributed by atoms with E-state index in [0.29, 0.717) is 13.2 Å². The van der Waals surface area contributed by atoms with E-state index >= 15 is 0 Å². The van der Waals surface area contributed by atoms with Crippen LogP contribution in [0.2, 0.25) is 0 Å². The van der Waals surface area contributed by atoms with E-state index in [1.807, 2.05) is 18.4 Å². The minimum absolute atomic E-state index is 0.269. The lowest BCUT2D eigenvalue weighted by Crippen LogP contribution is -2.37. The van der Waals surface area contributed by atoms with Crippen molar-refractivity contribution in [2.24, 2.45) is 0 Å². The van der Waals surface area contributed by atoms with Crippen LogP contribution in [0, 0.1) is 0 Å². The lowest BCUT2D eigenvalue weighted by atomic mass is 10.0. The molecular weight excluding hydrogens is 362 g/mol. The number of aromatic amines is 1. The van der Waals surface area contributed by atoms with Gasteiger partial charge in [0.25, 0.3) is 0 Å². The zero-order valence-electron chi connectivity index (χ0n) is 15.1. The third kappa shape index (κ3) is 2.79. The summed E-state index contributed by atoms with van der Waals surface area (Å²) in [5, 5.41) is 8.08. The van der Waals surface area contributed by atoms with Crippen LogP contribution in [0.1, 0.15) is 18.4 Å². The lowest BCUT2D eigenvalue weighted by molar-refractivity contribution is 0.122. The first-order valence-electron chi connectivity index (χ1n) is 9.15. The summed E-state index contributed by atoms with van der Waals surface area (Å²) in [6.07, 6.45) is 7.21. The van der Waals surface area contributed by atoms with Crippen LogP contribution in [0.15, 0.2) is 30.6 Å². The van der Waals surface area contributed by atoms with E-state index in [1.54, 1.807) is 12.4 Å². The van der Waals surface area contributed by atoms with Gasteiger partial charge < -0.3 is 14.2 Å². The average Bonchev–Trinajstić information content (AvgIpc) is 3.34. The molecule has 4 heterocycles. The molecule has 1 aliphatic carbocycles. The molecule has 2 aliphatic rings. The maximum atomic E-state index is 12.6. The fourth-order valence-electron chi connectivity index (χ4n) is 3.88. The van der Waals surface area contributed by atoms with E-state index in [2.05, 4.69) is 26.1 Å². The van der Waals surface area contributed by atoms with Crippen molar-refractivity contribution >= 4 is 27.9 Å². The third-order valence-electron chi connectivity index (χ3n) is 5.55. The highest BCUT2D eigenvalue weighted by molar-refractivity contribution is 7.92. The Bertz CT molecular complexity index is 966. The second kappa shape index (κ2) is 6.47. The van der Waals surface area contributed by atoms with E-state index < -0.39 is 11.2 Å². The van der Waals surface area contributed by atoms with Gasteiger partial charge in [0.05, 0.1) is 25.2 Å². The van der Waals surface area contributed by atoms with Gasteiger partial charge in [0, 0.05) is 49.3 Å². The van der Waals surface area contributed by atoms with Crippen molar-refractivity contribution in [3.63, 3.8) is 0 Å². The summed E-state index contributed by atoms with van der Waals surface area (Å²) in [6, 6.07) is 6.03. The summed E-state index contributed by atoms with van der Waals surface area (Å²) in [5.74, 6) is 0.909. The predicted molar refractivity (Wildman–Crippen MR) is 105 cm³/mol. The Morgan fingerprint density at radius 3 is 2.70 bits per heavy atom. The maximum Gasteiger partial charge on any atom is 0.151 e. The average molecular weight is 383 g/mol. The first-order chi connectivity index (χ1) is 13.2. The van der Waals surface area contributed by atoms with Crippen LogP contribution in [0.4, 0.5) is 5.82 Å². The Morgan fingerprint density at radius 1 is 1.22 bits per heavy atom. The van der Waals surface area contributed by atoms with Crippen molar-refractivity contribution in [2.75, 3.05) is 37.5 Å². The van der Waals surface area contributed by atoms with Crippen LogP contribution in [0.25, 0.3) is 22.3 Å². The zero-order valence-corrected chi connectivity index (χ0v) is 16.0. The SMILES string of the molecule is C[S+]([O-])C1(c2cc(N3CCOCC3)nc3c(-c4ccn[nH]4)nccc23)CC1. The highest BCUT2D eigenvalue weighted by Crippen LogP contribution is 2.54. The number of hydrogen-bond donors (Lipinski definition) is 1. The van der Waals surface area contributed by atoms with Gasteiger partial charge in [-0.1, -0.05) is 0 Å². The first kappa shape index (κ1) is 17.0. The first-order valence-corrected chi connectivity index (χ1v) is 10.7. The Morgan fingerprint density at radius 2 is 2.04 bits per heavy atom. The molecule has 5 rings (SSSR count). The van der Waals surface area contributed by atoms with Gasteiger partial charge >= 0.3 is 0 Å². The van der Waals surface area contributed by atoms with Crippen molar-refractivity contribution in [3.8, 4) is 11.4 Å². The summed E-state index contributed by atoms with van der Waals surface area (Å²) in [4.78, 5) is 11.8. The van der Waals surface area contributed by atoms with Crippen LogP contribution in [-0.4, -0.2) is 57.3 Å². The zero-order chi connectivity index (χ0) is 18.4. The lowest BCUT2D eigenvalue weighted by Gasteiger charge is -2.29. The molecule has 0 bridgehead atoms. The van der Waals surface area contributed by atoms with Crippen molar-refractivity contribution in [1.29, 1.82) is 0 Å². The molecule has 2 fully saturated rings. The van der Waals surface area contributed by atoms with Gasteiger partial charge in [-0.05, 0) is 29.4 Å². The maximum absolute atomic E-state index is 12.6. The van der Waals surface area contributed by atoms with Gasteiger partial charge in [0.15, 0.2) is 4.75 Å². The summed E-state index contributed by atoms with van der Waals surface area (Å²) in [7, 11) is 0. The van der Waals surface area contributed by atoms with Crippen LogP contribution < -0.4 is 4.90 Å². The van der Waals surface area contributed by atoms with Gasteiger partial charge in [0.2, 0.25) is 0 Å². The predicted octanol–water partition coefficient (Wildman–Crippen LogP) is 2.22. The van der Waals surface area contributed by atoms with Crippen molar-refractivity contribution in [3.05, 3.63) is 36.2 Å². The number of pyridine rings is 2. The molecule has 1 atom stereocenters. The number of morpholine rings is 1. The van der Waals surface area contributed by atoms with Crippen molar-refractivity contribution < 1.29 is 9.29 Å². The summed E-state index contributed by atoms with van der Waals surface area (Å²) in [6.45, 7) is 3.00. The smallest absolute Gasteiger partial charge is 0.151 e. The van der Waals surface area contributed by atoms with Gasteiger partial charge in [0.1, 0.15) is 17.0 Å². The molecule has 1 N–H and O–H groups in total. The minimum Gasteiger partial charge on any atom is -0.616 e. The molecule has 0 aromatic carbocycles. The number of anilines is 1. The molecule has 27 heavy (non-hydrogen) atoms. The number of nitrogens with one attached hydrogen (secondary N) is 1.